The zero-order valence-electron chi connectivity index (χ0n) is 15.2. The zero-order chi connectivity index (χ0) is 19.4. The van der Waals surface area contributed by atoms with E-state index in [1.165, 1.54) is 5.01 Å². The van der Waals surface area contributed by atoms with Gasteiger partial charge in [0, 0.05) is 18.5 Å². The summed E-state index contributed by atoms with van der Waals surface area (Å²) in [5.74, 6) is 0.364. The number of benzene rings is 1. The van der Waals surface area contributed by atoms with E-state index in [-0.39, 0.29) is 24.4 Å². The maximum Gasteiger partial charge on any atom is 0.301 e. The Labute approximate surface area is 162 Å². The molecule has 2 heterocycles. The summed E-state index contributed by atoms with van der Waals surface area (Å²) in [5.41, 5.74) is 1.70. The maximum absolute atomic E-state index is 13.0. The largest absolute Gasteiger partial charge is 0.467 e. The number of carbonyl (C=O) groups is 2. The Kier molecular flexibility index (Phi) is 5.93. The van der Waals surface area contributed by atoms with Gasteiger partial charge in [-0.1, -0.05) is 23.7 Å². The minimum Gasteiger partial charge on any atom is -0.467 e. The average molecular weight is 390 g/mol. The molecule has 0 saturated heterocycles. The monoisotopic (exact) mass is 389 g/mol. The van der Waals surface area contributed by atoms with Gasteiger partial charge >= 0.3 is 5.91 Å². The molecule has 142 valence electrons. The number of hydrazone groups is 1. The maximum atomic E-state index is 13.0. The van der Waals surface area contributed by atoms with Crippen LogP contribution in [0.4, 0.5) is 0 Å². The molecule has 1 aliphatic heterocycles. The van der Waals surface area contributed by atoms with Crippen molar-refractivity contribution >= 4 is 29.1 Å². The molecule has 2 amide bonds. The molecule has 0 radical (unpaired) electrons. The lowest BCUT2D eigenvalue weighted by atomic mass is 10.0. The van der Waals surface area contributed by atoms with Crippen molar-refractivity contribution in [1.82, 2.24) is 10.3 Å². The number of likely N-dealkylation sites (N-methyl/N-ethyl adjacent to an activating group) is 1. The third-order valence-corrected chi connectivity index (χ3v) is 4.76. The Hall–Kier alpha value is -2.64. The molecular formula is C19H22ClN4O3+. The molecule has 8 heteroatoms. The highest BCUT2D eigenvalue weighted by Crippen LogP contribution is 2.33. The fourth-order valence-electron chi connectivity index (χ4n) is 2.93. The van der Waals surface area contributed by atoms with E-state index in [2.05, 4.69) is 10.4 Å². The molecule has 0 saturated carbocycles. The first-order valence-corrected chi connectivity index (χ1v) is 9.11. The van der Waals surface area contributed by atoms with Crippen LogP contribution in [0.25, 0.3) is 0 Å². The number of nitrogens with zero attached hydrogens (tertiary/aromatic N) is 2. The first kappa shape index (κ1) is 19.1. The molecule has 3 N–H and O–H groups in total. The van der Waals surface area contributed by atoms with Crippen molar-refractivity contribution in [2.24, 2.45) is 5.10 Å². The Balaban J connectivity index is 1.82. The minimum absolute atomic E-state index is 0.135. The molecule has 0 bridgehead atoms. The number of halogens is 1. The molecule has 0 fully saturated rings. The van der Waals surface area contributed by atoms with E-state index in [1.807, 2.05) is 18.2 Å². The Morgan fingerprint density at radius 3 is 2.74 bits per heavy atom. The van der Waals surface area contributed by atoms with Crippen LogP contribution in [0.2, 0.25) is 5.02 Å². The zero-order valence-corrected chi connectivity index (χ0v) is 15.9. The second-order valence-electron chi connectivity index (χ2n) is 6.37. The number of amides is 2. The van der Waals surface area contributed by atoms with E-state index in [4.69, 9.17) is 16.0 Å². The normalized spacial score (nSPS) is 17.5. The van der Waals surface area contributed by atoms with Crippen molar-refractivity contribution < 1.29 is 19.3 Å². The van der Waals surface area contributed by atoms with Gasteiger partial charge in [-0.2, -0.15) is 5.10 Å². The van der Waals surface area contributed by atoms with Gasteiger partial charge in [-0.25, -0.2) is 5.01 Å². The van der Waals surface area contributed by atoms with Crippen LogP contribution in [0, 0.1) is 0 Å². The van der Waals surface area contributed by atoms with Crippen molar-refractivity contribution in [3.63, 3.8) is 0 Å². The highest BCUT2D eigenvalue weighted by molar-refractivity contribution is 6.30. The predicted octanol–water partition coefficient (Wildman–Crippen LogP) is 1.31. The fraction of sp³-hybridized carbons (Fsp3) is 0.316. The molecular weight excluding hydrogens is 368 g/mol. The SMILES string of the molecule is CNC(=O)C[NH2+][C@H](C)C(=O)N1N=C(c2ccc(Cl)cc2)C[C@@H]1c1ccco1. The molecule has 1 aromatic carbocycles. The van der Waals surface area contributed by atoms with Crippen LogP contribution in [0.3, 0.4) is 0 Å². The molecule has 2 atom stereocenters. The number of quaternary nitrogens is 1. The van der Waals surface area contributed by atoms with E-state index < -0.39 is 6.04 Å². The van der Waals surface area contributed by atoms with Crippen molar-refractivity contribution in [2.45, 2.75) is 25.4 Å². The molecule has 0 spiro atoms. The van der Waals surface area contributed by atoms with E-state index >= 15 is 0 Å². The van der Waals surface area contributed by atoms with E-state index in [1.54, 1.807) is 43.8 Å². The summed E-state index contributed by atoms with van der Waals surface area (Å²) >= 11 is 5.96. The standard InChI is InChI=1S/C19H21ClN4O3/c1-12(22-11-18(25)21-2)19(26)24-16(17-4-3-9-27-17)10-15(23-24)13-5-7-14(20)8-6-13/h3-9,12,16,22H,10-11H2,1-2H3,(H,21,25)/p+1/t12-,16-/m1/s1. The first-order valence-electron chi connectivity index (χ1n) is 8.73. The number of furan rings is 1. The fourth-order valence-corrected chi connectivity index (χ4v) is 3.05. The van der Waals surface area contributed by atoms with Gasteiger partial charge in [-0.3, -0.25) is 9.59 Å². The van der Waals surface area contributed by atoms with Gasteiger partial charge in [0.2, 0.25) is 0 Å². The molecule has 0 aliphatic carbocycles. The Morgan fingerprint density at radius 2 is 2.11 bits per heavy atom. The second kappa shape index (κ2) is 8.37. The molecule has 0 unspecified atom stereocenters. The summed E-state index contributed by atoms with van der Waals surface area (Å²) in [6.45, 7) is 1.94. The van der Waals surface area contributed by atoms with Crippen LogP contribution in [0.1, 0.15) is 30.7 Å². The molecule has 1 aliphatic rings. The van der Waals surface area contributed by atoms with Gasteiger partial charge in [0.05, 0.1) is 12.0 Å². The second-order valence-corrected chi connectivity index (χ2v) is 6.81. The Morgan fingerprint density at radius 1 is 1.37 bits per heavy atom. The lowest BCUT2D eigenvalue weighted by Crippen LogP contribution is -2.93. The van der Waals surface area contributed by atoms with Crippen LogP contribution >= 0.6 is 11.6 Å². The summed E-state index contributed by atoms with van der Waals surface area (Å²) in [6, 6.07) is 10.2. The summed E-state index contributed by atoms with van der Waals surface area (Å²) in [6.07, 6.45) is 2.13. The van der Waals surface area contributed by atoms with E-state index in [9.17, 15) is 9.59 Å². The van der Waals surface area contributed by atoms with Crippen molar-refractivity contribution in [1.29, 1.82) is 0 Å². The van der Waals surface area contributed by atoms with E-state index in [0.29, 0.717) is 17.2 Å². The molecule has 3 rings (SSSR count). The topological polar surface area (TPSA) is 91.5 Å². The summed E-state index contributed by atoms with van der Waals surface area (Å²) in [7, 11) is 1.57. The smallest absolute Gasteiger partial charge is 0.301 e. The van der Waals surface area contributed by atoms with Gasteiger partial charge in [-0.05, 0) is 36.8 Å². The number of carbonyl (C=O) groups excluding carboxylic acids is 2. The van der Waals surface area contributed by atoms with Gasteiger partial charge in [-0.15, -0.1) is 0 Å². The van der Waals surface area contributed by atoms with Crippen molar-refractivity contribution in [3.8, 4) is 0 Å². The van der Waals surface area contributed by atoms with Crippen LogP contribution in [0.5, 0.6) is 0 Å². The number of rotatable bonds is 6. The molecule has 1 aromatic heterocycles. The molecule has 27 heavy (non-hydrogen) atoms. The summed E-state index contributed by atoms with van der Waals surface area (Å²) in [5, 5.41) is 10.9. The van der Waals surface area contributed by atoms with Gasteiger partial charge in [0.1, 0.15) is 11.8 Å². The van der Waals surface area contributed by atoms with E-state index in [0.717, 1.165) is 11.3 Å². The third kappa shape index (κ3) is 4.37. The highest BCUT2D eigenvalue weighted by Gasteiger charge is 2.37. The van der Waals surface area contributed by atoms with Crippen molar-refractivity contribution in [2.75, 3.05) is 13.6 Å². The summed E-state index contributed by atoms with van der Waals surface area (Å²) in [4.78, 5) is 24.4. The number of nitrogens with one attached hydrogen (secondary N) is 1. The number of hydrogen-bond acceptors (Lipinski definition) is 4. The van der Waals surface area contributed by atoms with Gasteiger partial charge in [0.15, 0.2) is 12.6 Å². The lowest BCUT2D eigenvalue weighted by Gasteiger charge is -2.22. The Bertz CT molecular complexity index is 833. The lowest BCUT2D eigenvalue weighted by molar-refractivity contribution is -0.663. The van der Waals surface area contributed by atoms with Crippen LogP contribution in [-0.2, 0) is 9.59 Å². The number of nitrogens with two attached hydrogens (primary N) is 1. The van der Waals surface area contributed by atoms with Crippen LogP contribution in [0.15, 0.2) is 52.2 Å². The van der Waals surface area contributed by atoms with Crippen LogP contribution in [-0.4, -0.2) is 42.2 Å². The average Bonchev–Trinajstić information content (AvgIpc) is 3.35. The molecule has 2 aromatic rings. The minimum atomic E-state index is -0.451. The quantitative estimate of drug-likeness (QED) is 0.780. The highest BCUT2D eigenvalue weighted by atomic mass is 35.5. The predicted molar refractivity (Wildman–Crippen MR) is 101 cm³/mol. The van der Waals surface area contributed by atoms with Crippen LogP contribution < -0.4 is 10.6 Å². The first-order chi connectivity index (χ1) is 13.0. The van der Waals surface area contributed by atoms with Crippen molar-refractivity contribution in [3.05, 3.63) is 59.0 Å². The summed E-state index contributed by atoms with van der Waals surface area (Å²) < 4.78 is 5.53. The van der Waals surface area contributed by atoms with Gasteiger partial charge in [0.25, 0.3) is 5.91 Å². The number of hydrogen-bond donors (Lipinski definition) is 2. The van der Waals surface area contributed by atoms with Gasteiger partial charge < -0.3 is 15.1 Å². The molecule has 7 nitrogen and oxygen atoms in total. The third-order valence-electron chi connectivity index (χ3n) is 4.51.